The van der Waals surface area contributed by atoms with E-state index in [1.807, 2.05) is 0 Å². The topological polar surface area (TPSA) is 33.7 Å². The molecule has 3 heterocycles. The highest BCUT2D eigenvalue weighted by molar-refractivity contribution is 5.01. The second kappa shape index (κ2) is 3.95. The first-order valence-electron chi connectivity index (χ1n) is 6.44. The molecule has 3 saturated heterocycles. The van der Waals surface area contributed by atoms with Crippen molar-refractivity contribution in [3.05, 3.63) is 0 Å². The molecule has 0 aromatic heterocycles. The predicted octanol–water partition coefficient (Wildman–Crippen LogP) is 0.577. The van der Waals surface area contributed by atoms with E-state index in [1.165, 1.54) is 25.9 Å². The van der Waals surface area contributed by atoms with Crippen molar-refractivity contribution in [3.63, 3.8) is 0 Å². The van der Waals surface area contributed by atoms with Crippen LogP contribution in [-0.2, 0) is 9.47 Å². The molecule has 0 aromatic carbocycles. The van der Waals surface area contributed by atoms with Gasteiger partial charge in [0.05, 0.1) is 13.2 Å². The van der Waals surface area contributed by atoms with Crippen LogP contribution in [0, 0.1) is 0 Å². The van der Waals surface area contributed by atoms with Gasteiger partial charge in [-0.15, -0.1) is 0 Å². The normalized spacial score (nSPS) is 33.6. The van der Waals surface area contributed by atoms with Crippen LogP contribution in [0.15, 0.2) is 0 Å². The molecule has 3 fully saturated rings. The molecule has 0 aliphatic carbocycles. The Balaban J connectivity index is 1.71. The first-order chi connectivity index (χ1) is 7.72. The monoisotopic (exact) mass is 226 g/mol. The zero-order valence-electron chi connectivity index (χ0n) is 10.1. The fraction of sp³-hybridized carbons (Fsp3) is 1.00. The van der Waals surface area contributed by atoms with Crippen LogP contribution in [0.5, 0.6) is 0 Å². The molecule has 16 heavy (non-hydrogen) atoms. The molecule has 0 atom stereocenters. The van der Waals surface area contributed by atoms with Crippen molar-refractivity contribution in [2.24, 2.45) is 0 Å². The highest BCUT2D eigenvalue weighted by Crippen LogP contribution is 2.40. The summed E-state index contributed by atoms with van der Waals surface area (Å²) in [6, 6.07) is 0. The molecular formula is C12H22N2O2. The first-order valence-corrected chi connectivity index (χ1v) is 6.44. The van der Waals surface area contributed by atoms with Crippen LogP contribution in [-0.4, -0.2) is 56.1 Å². The van der Waals surface area contributed by atoms with Gasteiger partial charge >= 0.3 is 0 Å². The highest BCUT2D eigenvalue weighted by atomic mass is 16.7. The summed E-state index contributed by atoms with van der Waals surface area (Å²) in [6.45, 7) is 4.95. The van der Waals surface area contributed by atoms with E-state index in [2.05, 4.69) is 17.3 Å². The van der Waals surface area contributed by atoms with Gasteiger partial charge < -0.3 is 19.7 Å². The molecule has 3 aliphatic rings. The number of likely N-dealkylation sites (tertiary alicyclic amines) is 1. The van der Waals surface area contributed by atoms with E-state index in [0.717, 1.165) is 32.6 Å². The molecular weight excluding hydrogens is 204 g/mol. The molecule has 0 aromatic rings. The number of nitrogens with one attached hydrogen (secondary N) is 1. The molecule has 4 heteroatoms. The molecule has 3 aliphatic heterocycles. The second-order valence-corrected chi connectivity index (χ2v) is 5.54. The van der Waals surface area contributed by atoms with Crippen LogP contribution in [0.2, 0.25) is 0 Å². The van der Waals surface area contributed by atoms with Gasteiger partial charge in [0.2, 0.25) is 0 Å². The Morgan fingerprint density at radius 1 is 1.06 bits per heavy atom. The minimum absolute atomic E-state index is 0.249. The van der Waals surface area contributed by atoms with E-state index < -0.39 is 0 Å². The van der Waals surface area contributed by atoms with Crippen molar-refractivity contribution in [3.8, 4) is 0 Å². The summed E-state index contributed by atoms with van der Waals surface area (Å²) in [4.78, 5) is 2.41. The minimum Gasteiger partial charge on any atom is -0.347 e. The summed E-state index contributed by atoms with van der Waals surface area (Å²) in [5.41, 5.74) is 0.273. The Labute approximate surface area is 97.3 Å². The van der Waals surface area contributed by atoms with Gasteiger partial charge in [-0.3, -0.25) is 0 Å². The summed E-state index contributed by atoms with van der Waals surface area (Å²) in [7, 11) is 2.20. The third-order valence-electron chi connectivity index (χ3n) is 4.37. The summed E-state index contributed by atoms with van der Waals surface area (Å²) < 4.78 is 11.7. The zero-order valence-corrected chi connectivity index (χ0v) is 10.1. The van der Waals surface area contributed by atoms with Crippen LogP contribution in [0.3, 0.4) is 0 Å². The molecule has 0 bridgehead atoms. The summed E-state index contributed by atoms with van der Waals surface area (Å²) in [5, 5.41) is 3.72. The van der Waals surface area contributed by atoms with E-state index in [4.69, 9.17) is 9.47 Å². The maximum absolute atomic E-state index is 5.86. The Kier molecular flexibility index (Phi) is 2.70. The maximum atomic E-state index is 5.86. The molecule has 0 amide bonds. The van der Waals surface area contributed by atoms with Gasteiger partial charge in [-0.25, -0.2) is 0 Å². The Morgan fingerprint density at radius 3 is 2.44 bits per heavy atom. The fourth-order valence-electron chi connectivity index (χ4n) is 3.33. The van der Waals surface area contributed by atoms with Crippen molar-refractivity contribution in [1.29, 1.82) is 0 Å². The smallest absolute Gasteiger partial charge is 0.171 e. The number of piperidine rings is 2. The van der Waals surface area contributed by atoms with Gasteiger partial charge in [-0.2, -0.15) is 0 Å². The quantitative estimate of drug-likeness (QED) is 0.655. The molecule has 0 unspecified atom stereocenters. The molecule has 3 rings (SSSR count). The van der Waals surface area contributed by atoms with Gasteiger partial charge in [0.25, 0.3) is 0 Å². The van der Waals surface area contributed by atoms with Crippen LogP contribution in [0.4, 0.5) is 0 Å². The van der Waals surface area contributed by atoms with Gasteiger partial charge in [-0.1, -0.05) is 0 Å². The molecule has 0 radical (unpaired) electrons. The van der Waals surface area contributed by atoms with Crippen molar-refractivity contribution in [2.75, 3.05) is 39.9 Å². The van der Waals surface area contributed by atoms with E-state index in [0.29, 0.717) is 0 Å². The Bertz CT molecular complexity index is 256. The lowest BCUT2D eigenvalue weighted by Gasteiger charge is -2.49. The average Bonchev–Trinajstić information content (AvgIpc) is 2.71. The Hall–Kier alpha value is -0.160. The lowest BCUT2D eigenvalue weighted by molar-refractivity contribution is -0.194. The molecule has 0 saturated carbocycles. The molecule has 1 N–H and O–H groups in total. The number of nitrogens with zero attached hydrogens (tertiary/aromatic N) is 1. The van der Waals surface area contributed by atoms with Gasteiger partial charge in [0.15, 0.2) is 5.79 Å². The standard InChI is InChI=1S/C12H22N2O2/c1-14-6-3-11(4-7-14)10-12(2-5-13-11)15-8-9-16-12/h13H,2-10H2,1H3. The highest BCUT2D eigenvalue weighted by Gasteiger charge is 2.48. The van der Waals surface area contributed by atoms with Gasteiger partial charge in [0, 0.05) is 24.9 Å². The summed E-state index contributed by atoms with van der Waals surface area (Å²) in [6.07, 6.45) is 4.48. The number of hydrogen-bond acceptors (Lipinski definition) is 4. The number of rotatable bonds is 0. The van der Waals surface area contributed by atoms with Crippen molar-refractivity contribution in [1.82, 2.24) is 10.2 Å². The second-order valence-electron chi connectivity index (χ2n) is 5.54. The van der Waals surface area contributed by atoms with E-state index in [9.17, 15) is 0 Å². The van der Waals surface area contributed by atoms with Crippen LogP contribution in [0.1, 0.15) is 25.7 Å². The SMILES string of the molecule is CN1CCC2(CC1)CC1(CCN2)OCCO1. The fourth-order valence-corrected chi connectivity index (χ4v) is 3.33. The van der Waals surface area contributed by atoms with E-state index >= 15 is 0 Å². The lowest BCUT2D eigenvalue weighted by Crippen LogP contribution is -2.61. The van der Waals surface area contributed by atoms with Crippen LogP contribution in [0.25, 0.3) is 0 Å². The average molecular weight is 226 g/mol. The van der Waals surface area contributed by atoms with Gasteiger partial charge in [0.1, 0.15) is 0 Å². The Morgan fingerprint density at radius 2 is 1.75 bits per heavy atom. The third-order valence-corrected chi connectivity index (χ3v) is 4.37. The van der Waals surface area contributed by atoms with Crippen LogP contribution >= 0.6 is 0 Å². The van der Waals surface area contributed by atoms with E-state index in [-0.39, 0.29) is 11.3 Å². The minimum atomic E-state index is -0.249. The van der Waals surface area contributed by atoms with Crippen molar-refractivity contribution >= 4 is 0 Å². The number of hydrogen-bond donors (Lipinski definition) is 1. The predicted molar refractivity (Wildman–Crippen MR) is 61.3 cm³/mol. The zero-order chi connectivity index (χ0) is 11.1. The van der Waals surface area contributed by atoms with Crippen molar-refractivity contribution in [2.45, 2.75) is 37.0 Å². The lowest BCUT2D eigenvalue weighted by atomic mass is 9.78. The largest absolute Gasteiger partial charge is 0.347 e. The molecule has 92 valence electrons. The first kappa shape index (κ1) is 11.0. The van der Waals surface area contributed by atoms with Gasteiger partial charge in [-0.05, 0) is 33.0 Å². The van der Waals surface area contributed by atoms with E-state index in [1.54, 1.807) is 0 Å². The molecule has 4 nitrogen and oxygen atoms in total. The molecule has 2 spiro atoms. The number of ether oxygens (including phenoxy) is 2. The summed E-state index contributed by atoms with van der Waals surface area (Å²) >= 11 is 0. The maximum Gasteiger partial charge on any atom is 0.171 e. The third kappa shape index (κ3) is 1.88. The summed E-state index contributed by atoms with van der Waals surface area (Å²) in [5.74, 6) is -0.249. The van der Waals surface area contributed by atoms with Crippen molar-refractivity contribution < 1.29 is 9.47 Å². The van der Waals surface area contributed by atoms with Crippen LogP contribution < -0.4 is 5.32 Å².